The largest absolute Gasteiger partial charge is 0.345 e. The number of hydrogen-bond donors (Lipinski definition) is 1. The normalized spacial score (nSPS) is 11.0. The third kappa shape index (κ3) is 3.28. The van der Waals surface area contributed by atoms with Gasteiger partial charge in [0.15, 0.2) is 5.82 Å². The lowest BCUT2D eigenvalue weighted by molar-refractivity contribution is 0.0949. The molecule has 1 aromatic carbocycles. The van der Waals surface area contributed by atoms with E-state index in [1.807, 2.05) is 19.9 Å². The van der Waals surface area contributed by atoms with Crippen molar-refractivity contribution in [2.24, 2.45) is 0 Å². The summed E-state index contributed by atoms with van der Waals surface area (Å²) in [7, 11) is 0. The molecule has 6 nitrogen and oxygen atoms in total. The van der Waals surface area contributed by atoms with Gasteiger partial charge in [-0.15, -0.1) is 10.2 Å². The average Bonchev–Trinajstić information content (AvgIpc) is 2.86. The molecule has 2 aromatic heterocycles. The Morgan fingerprint density at radius 2 is 1.83 bits per heavy atom. The van der Waals surface area contributed by atoms with Crippen LogP contribution in [0.3, 0.4) is 0 Å². The molecule has 1 N–H and O–H groups in total. The minimum absolute atomic E-state index is 0.218. The molecule has 0 saturated heterocycles. The van der Waals surface area contributed by atoms with Crippen LogP contribution in [0, 0.1) is 13.8 Å². The molecule has 0 bridgehead atoms. The summed E-state index contributed by atoms with van der Waals surface area (Å²) < 4.78 is 1.80. The number of amides is 1. The number of carbonyl (C=O) groups is 1. The SMILES string of the molecule is Cc1cc(C)n2c(CNC(=O)c3cc(Cl)cc(Cl)c3)nnc2n1. The van der Waals surface area contributed by atoms with E-state index in [1.54, 1.807) is 22.6 Å². The third-order valence-electron chi connectivity index (χ3n) is 3.29. The quantitative estimate of drug-likeness (QED) is 0.788. The zero-order valence-corrected chi connectivity index (χ0v) is 14.0. The van der Waals surface area contributed by atoms with Crippen LogP contribution >= 0.6 is 23.2 Å². The highest BCUT2D eigenvalue weighted by Crippen LogP contribution is 2.19. The molecule has 0 aliphatic heterocycles. The van der Waals surface area contributed by atoms with Gasteiger partial charge in [-0.2, -0.15) is 0 Å². The zero-order valence-electron chi connectivity index (χ0n) is 12.5. The summed E-state index contributed by atoms with van der Waals surface area (Å²) in [4.78, 5) is 16.5. The van der Waals surface area contributed by atoms with Crippen LogP contribution in [0.2, 0.25) is 10.0 Å². The molecule has 0 aliphatic carbocycles. The van der Waals surface area contributed by atoms with E-state index in [-0.39, 0.29) is 12.5 Å². The van der Waals surface area contributed by atoms with Crippen LogP contribution in [0.15, 0.2) is 24.3 Å². The Hall–Kier alpha value is -2.18. The van der Waals surface area contributed by atoms with Gasteiger partial charge in [0, 0.05) is 27.0 Å². The second-order valence-electron chi connectivity index (χ2n) is 5.13. The first-order valence-electron chi connectivity index (χ1n) is 6.86. The molecule has 0 radical (unpaired) electrons. The number of hydrogen-bond acceptors (Lipinski definition) is 4. The minimum atomic E-state index is -0.288. The van der Waals surface area contributed by atoms with Crippen LogP contribution in [0.5, 0.6) is 0 Å². The van der Waals surface area contributed by atoms with Gasteiger partial charge < -0.3 is 5.32 Å². The zero-order chi connectivity index (χ0) is 16.6. The molecular formula is C15H13Cl2N5O. The molecule has 0 atom stereocenters. The molecule has 2 heterocycles. The van der Waals surface area contributed by atoms with E-state index in [0.717, 1.165) is 11.4 Å². The third-order valence-corrected chi connectivity index (χ3v) is 3.73. The summed E-state index contributed by atoms with van der Waals surface area (Å²) in [5, 5.41) is 11.7. The van der Waals surface area contributed by atoms with Crippen molar-refractivity contribution in [2.45, 2.75) is 20.4 Å². The summed E-state index contributed by atoms with van der Waals surface area (Å²) in [6.45, 7) is 4.05. The number of nitrogens with one attached hydrogen (secondary N) is 1. The topological polar surface area (TPSA) is 72.2 Å². The average molecular weight is 350 g/mol. The Balaban J connectivity index is 1.82. The molecule has 3 aromatic rings. The Kier molecular flexibility index (Phi) is 4.19. The lowest BCUT2D eigenvalue weighted by atomic mass is 10.2. The van der Waals surface area contributed by atoms with Crippen molar-refractivity contribution in [1.82, 2.24) is 24.9 Å². The predicted molar refractivity (Wildman–Crippen MR) is 87.9 cm³/mol. The van der Waals surface area contributed by atoms with Crippen LogP contribution < -0.4 is 5.32 Å². The first-order valence-corrected chi connectivity index (χ1v) is 7.62. The van der Waals surface area contributed by atoms with Crippen LogP contribution in [0.4, 0.5) is 0 Å². The maximum Gasteiger partial charge on any atom is 0.255 e. The molecule has 23 heavy (non-hydrogen) atoms. The second-order valence-corrected chi connectivity index (χ2v) is 6.00. The van der Waals surface area contributed by atoms with Gasteiger partial charge in [-0.1, -0.05) is 23.2 Å². The number of fused-ring (bicyclic) bond motifs is 1. The van der Waals surface area contributed by atoms with E-state index in [0.29, 0.717) is 27.2 Å². The van der Waals surface area contributed by atoms with E-state index >= 15 is 0 Å². The summed E-state index contributed by atoms with van der Waals surface area (Å²) in [5.41, 5.74) is 2.21. The van der Waals surface area contributed by atoms with Gasteiger partial charge in [-0.3, -0.25) is 9.20 Å². The fourth-order valence-corrected chi connectivity index (χ4v) is 2.88. The van der Waals surface area contributed by atoms with Crippen molar-refractivity contribution in [3.63, 3.8) is 0 Å². The van der Waals surface area contributed by atoms with Crippen molar-refractivity contribution in [2.75, 3.05) is 0 Å². The monoisotopic (exact) mass is 349 g/mol. The van der Waals surface area contributed by atoms with E-state index in [1.165, 1.54) is 0 Å². The minimum Gasteiger partial charge on any atom is -0.345 e. The van der Waals surface area contributed by atoms with E-state index in [4.69, 9.17) is 23.2 Å². The van der Waals surface area contributed by atoms with Crippen molar-refractivity contribution < 1.29 is 4.79 Å². The molecule has 3 rings (SSSR count). The number of aryl methyl sites for hydroxylation is 2. The molecular weight excluding hydrogens is 337 g/mol. The number of carbonyl (C=O) groups excluding carboxylic acids is 1. The number of halogens is 2. The molecule has 8 heteroatoms. The van der Waals surface area contributed by atoms with Crippen LogP contribution in [-0.2, 0) is 6.54 Å². The van der Waals surface area contributed by atoms with Gasteiger partial charge >= 0.3 is 0 Å². The standard InChI is InChI=1S/C15H13Cl2N5O/c1-8-3-9(2)22-13(20-21-15(22)19-8)7-18-14(23)10-4-11(16)6-12(17)5-10/h3-6H,7H2,1-2H3,(H,18,23). The summed E-state index contributed by atoms with van der Waals surface area (Å²) in [6, 6.07) is 6.61. The van der Waals surface area contributed by atoms with Gasteiger partial charge in [-0.05, 0) is 38.1 Å². The molecule has 118 valence electrons. The number of benzene rings is 1. The van der Waals surface area contributed by atoms with Crippen molar-refractivity contribution in [3.8, 4) is 0 Å². The number of nitrogens with zero attached hydrogens (tertiary/aromatic N) is 4. The Labute approximate surface area is 142 Å². The Morgan fingerprint density at radius 3 is 2.52 bits per heavy atom. The lowest BCUT2D eigenvalue weighted by Crippen LogP contribution is -2.24. The molecule has 0 unspecified atom stereocenters. The maximum absolute atomic E-state index is 12.2. The van der Waals surface area contributed by atoms with Gasteiger partial charge in [0.1, 0.15) is 0 Å². The van der Waals surface area contributed by atoms with Gasteiger partial charge in [0.25, 0.3) is 11.7 Å². The van der Waals surface area contributed by atoms with Gasteiger partial charge in [0.2, 0.25) is 0 Å². The first kappa shape index (κ1) is 15.7. The molecule has 0 spiro atoms. The van der Waals surface area contributed by atoms with Crippen molar-refractivity contribution in [1.29, 1.82) is 0 Å². The number of aromatic nitrogens is 4. The maximum atomic E-state index is 12.2. The van der Waals surface area contributed by atoms with Gasteiger partial charge in [-0.25, -0.2) is 4.98 Å². The fourth-order valence-electron chi connectivity index (χ4n) is 2.36. The van der Waals surface area contributed by atoms with E-state index in [9.17, 15) is 4.79 Å². The van der Waals surface area contributed by atoms with Crippen molar-refractivity contribution in [3.05, 3.63) is 57.1 Å². The van der Waals surface area contributed by atoms with E-state index in [2.05, 4.69) is 20.5 Å². The predicted octanol–water partition coefficient (Wildman–Crippen LogP) is 2.98. The molecule has 1 amide bonds. The Bertz CT molecular complexity index is 886. The molecule has 0 aliphatic rings. The highest BCUT2D eigenvalue weighted by Gasteiger charge is 2.12. The van der Waals surface area contributed by atoms with Gasteiger partial charge in [0.05, 0.1) is 6.54 Å². The smallest absolute Gasteiger partial charge is 0.255 e. The van der Waals surface area contributed by atoms with Crippen LogP contribution in [-0.4, -0.2) is 25.5 Å². The van der Waals surface area contributed by atoms with Crippen molar-refractivity contribution >= 4 is 34.9 Å². The van der Waals surface area contributed by atoms with Crippen LogP contribution in [0.25, 0.3) is 5.78 Å². The number of rotatable bonds is 3. The Morgan fingerprint density at radius 1 is 1.13 bits per heavy atom. The lowest BCUT2D eigenvalue weighted by Gasteiger charge is -2.07. The molecule has 0 fully saturated rings. The highest BCUT2D eigenvalue weighted by molar-refractivity contribution is 6.35. The van der Waals surface area contributed by atoms with E-state index < -0.39 is 0 Å². The fraction of sp³-hybridized carbons (Fsp3) is 0.200. The summed E-state index contributed by atoms with van der Waals surface area (Å²) in [6.07, 6.45) is 0. The second kappa shape index (κ2) is 6.14. The summed E-state index contributed by atoms with van der Waals surface area (Å²) in [5.74, 6) is 0.827. The highest BCUT2D eigenvalue weighted by atomic mass is 35.5. The summed E-state index contributed by atoms with van der Waals surface area (Å²) >= 11 is 11.8. The molecule has 0 saturated carbocycles. The van der Waals surface area contributed by atoms with Crippen LogP contribution in [0.1, 0.15) is 27.6 Å². The first-order chi connectivity index (χ1) is 10.9.